The third-order valence-electron chi connectivity index (χ3n) is 4.03. The van der Waals surface area contributed by atoms with Crippen LogP contribution in [0.15, 0.2) is 48.5 Å². The van der Waals surface area contributed by atoms with Crippen molar-refractivity contribution in [3.8, 4) is 11.3 Å². The van der Waals surface area contributed by atoms with E-state index >= 15 is 0 Å². The van der Waals surface area contributed by atoms with Crippen LogP contribution in [-0.4, -0.2) is 11.5 Å². The fraction of sp³-hybridized carbons (Fsp3) is 0.263. The van der Waals surface area contributed by atoms with Crippen LogP contribution in [0.1, 0.15) is 24.0 Å². The van der Waals surface area contributed by atoms with Gasteiger partial charge >= 0.3 is 0 Å². The standard InChI is InChI=1S/C19H22N2/c1-14-9-11-15(12-10-14)19-17(7-4-5-13-20)16-6-2-3-8-18(16)21-19/h2-3,6,8-12,21H,4-5,7,13,20H2,1H3. The zero-order valence-electron chi connectivity index (χ0n) is 12.5. The first-order chi connectivity index (χ1) is 10.3. The Kier molecular flexibility index (Phi) is 4.07. The first-order valence-electron chi connectivity index (χ1n) is 7.66. The molecule has 1 aromatic heterocycles. The average Bonchev–Trinajstić information content (AvgIpc) is 2.87. The Morgan fingerprint density at radius 1 is 0.952 bits per heavy atom. The van der Waals surface area contributed by atoms with Crippen molar-refractivity contribution in [1.82, 2.24) is 4.98 Å². The lowest BCUT2D eigenvalue weighted by molar-refractivity contribution is 0.748. The Morgan fingerprint density at radius 2 is 1.71 bits per heavy atom. The van der Waals surface area contributed by atoms with Crippen molar-refractivity contribution in [3.05, 3.63) is 59.7 Å². The van der Waals surface area contributed by atoms with Gasteiger partial charge in [0.2, 0.25) is 0 Å². The summed E-state index contributed by atoms with van der Waals surface area (Å²) in [5.74, 6) is 0. The largest absolute Gasteiger partial charge is 0.354 e. The molecule has 1 heterocycles. The molecule has 108 valence electrons. The number of aryl methyl sites for hydroxylation is 2. The number of aromatic nitrogens is 1. The Labute approximate surface area is 126 Å². The molecule has 0 bridgehead atoms. The number of H-pyrrole nitrogens is 1. The van der Waals surface area contributed by atoms with Crippen LogP contribution in [0.2, 0.25) is 0 Å². The number of para-hydroxylation sites is 1. The number of nitrogens with one attached hydrogen (secondary N) is 1. The van der Waals surface area contributed by atoms with Gasteiger partial charge in [-0.1, -0.05) is 48.0 Å². The van der Waals surface area contributed by atoms with E-state index < -0.39 is 0 Å². The Balaban J connectivity index is 2.07. The lowest BCUT2D eigenvalue weighted by atomic mass is 10.00. The van der Waals surface area contributed by atoms with Crippen LogP contribution in [0.4, 0.5) is 0 Å². The SMILES string of the molecule is Cc1ccc(-c2[nH]c3ccccc3c2CCCCN)cc1. The smallest absolute Gasteiger partial charge is 0.0497 e. The lowest BCUT2D eigenvalue weighted by Gasteiger charge is -2.05. The number of rotatable bonds is 5. The molecule has 0 saturated heterocycles. The topological polar surface area (TPSA) is 41.8 Å². The minimum Gasteiger partial charge on any atom is -0.354 e. The van der Waals surface area contributed by atoms with Crippen molar-refractivity contribution >= 4 is 10.9 Å². The van der Waals surface area contributed by atoms with Gasteiger partial charge < -0.3 is 10.7 Å². The average molecular weight is 278 g/mol. The predicted molar refractivity (Wildman–Crippen MR) is 90.5 cm³/mol. The molecule has 0 amide bonds. The third kappa shape index (κ3) is 2.86. The summed E-state index contributed by atoms with van der Waals surface area (Å²) in [5.41, 5.74) is 12.1. The Hall–Kier alpha value is -2.06. The van der Waals surface area contributed by atoms with Crippen molar-refractivity contribution in [3.63, 3.8) is 0 Å². The maximum absolute atomic E-state index is 5.64. The van der Waals surface area contributed by atoms with Gasteiger partial charge in [0.1, 0.15) is 0 Å². The number of nitrogens with two attached hydrogens (primary N) is 1. The molecule has 0 radical (unpaired) electrons. The fourth-order valence-electron chi connectivity index (χ4n) is 2.87. The molecule has 3 aromatic rings. The van der Waals surface area contributed by atoms with Crippen LogP contribution in [0.5, 0.6) is 0 Å². The van der Waals surface area contributed by atoms with Gasteiger partial charge in [-0.2, -0.15) is 0 Å². The summed E-state index contributed by atoms with van der Waals surface area (Å²) in [5, 5.41) is 1.34. The normalized spacial score (nSPS) is 11.1. The third-order valence-corrected chi connectivity index (χ3v) is 4.03. The van der Waals surface area contributed by atoms with Crippen molar-refractivity contribution < 1.29 is 0 Å². The molecule has 2 aromatic carbocycles. The van der Waals surface area contributed by atoms with E-state index in [1.807, 2.05) is 0 Å². The van der Waals surface area contributed by atoms with E-state index in [-0.39, 0.29) is 0 Å². The molecule has 0 atom stereocenters. The van der Waals surface area contributed by atoms with Crippen LogP contribution in [0, 0.1) is 6.92 Å². The van der Waals surface area contributed by atoms with Crippen molar-refractivity contribution in [2.45, 2.75) is 26.2 Å². The highest BCUT2D eigenvalue weighted by atomic mass is 14.7. The second-order valence-electron chi connectivity index (χ2n) is 5.64. The zero-order chi connectivity index (χ0) is 14.7. The molecule has 0 aliphatic carbocycles. The van der Waals surface area contributed by atoms with Gasteiger partial charge in [0, 0.05) is 16.6 Å². The number of unbranched alkanes of at least 4 members (excludes halogenated alkanes) is 1. The van der Waals surface area contributed by atoms with E-state index in [1.165, 1.54) is 33.3 Å². The van der Waals surface area contributed by atoms with E-state index in [4.69, 9.17) is 5.73 Å². The highest BCUT2D eigenvalue weighted by molar-refractivity contribution is 5.90. The fourth-order valence-corrected chi connectivity index (χ4v) is 2.87. The number of hydrogen-bond donors (Lipinski definition) is 2. The maximum Gasteiger partial charge on any atom is 0.0497 e. The molecule has 21 heavy (non-hydrogen) atoms. The summed E-state index contributed by atoms with van der Waals surface area (Å²) in [6.45, 7) is 2.89. The minimum absolute atomic E-state index is 0.766. The predicted octanol–water partition coefficient (Wildman–Crippen LogP) is 4.42. The molecular weight excluding hydrogens is 256 g/mol. The summed E-state index contributed by atoms with van der Waals surface area (Å²) >= 11 is 0. The van der Waals surface area contributed by atoms with Crippen LogP contribution in [-0.2, 0) is 6.42 Å². The monoisotopic (exact) mass is 278 g/mol. The lowest BCUT2D eigenvalue weighted by Crippen LogP contribution is -1.99. The molecule has 3 N–H and O–H groups in total. The number of hydrogen-bond acceptors (Lipinski definition) is 1. The molecule has 0 fully saturated rings. The number of benzene rings is 2. The molecule has 3 rings (SSSR count). The first kappa shape index (κ1) is 13.9. The van der Waals surface area contributed by atoms with Gasteiger partial charge in [0.05, 0.1) is 0 Å². The van der Waals surface area contributed by atoms with Crippen LogP contribution < -0.4 is 5.73 Å². The van der Waals surface area contributed by atoms with Gasteiger partial charge in [0.25, 0.3) is 0 Å². The highest BCUT2D eigenvalue weighted by Gasteiger charge is 2.12. The van der Waals surface area contributed by atoms with Crippen LogP contribution >= 0.6 is 0 Å². The Bertz CT molecular complexity index is 723. The van der Waals surface area contributed by atoms with Crippen molar-refractivity contribution in [2.75, 3.05) is 6.54 Å². The second kappa shape index (κ2) is 6.15. The van der Waals surface area contributed by atoms with Gasteiger partial charge in [0.15, 0.2) is 0 Å². The quantitative estimate of drug-likeness (QED) is 0.666. The van der Waals surface area contributed by atoms with E-state index in [0.29, 0.717) is 0 Å². The van der Waals surface area contributed by atoms with Crippen molar-refractivity contribution in [2.24, 2.45) is 5.73 Å². The maximum atomic E-state index is 5.64. The van der Waals surface area contributed by atoms with Gasteiger partial charge in [-0.05, 0) is 49.9 Å². The molecule has 0 saturated carbocycles. The molecule has 2 nitrogen and oxygen atoms in total. The zero-order valence-corrected chi connectivity index (χ0v) is 12.5. The summed E-state index contributed by atoms with van der Waals surface area (Å²) < 4.78 is 0. The molecule has 0 spiro atoms. The van der Waals surface area contributed by atoms with Crippen LogP contribution in [0.3, 0.4) is 0 Å². The Morgan fingerprint density at radius 3 is 2.48 bits per heavy atom. The summed E-state index contributed by atoms with van der Waals surface area (Å²) in [6.07, 6.45) is 3.29. The van der Waals surface area contributed by atoms with E-state index in [0.717, 1.165) is 25.8 Å². The number of aromatic amines is 1. The molecule has 0 aliphatic heterocycles. The van der Waals surface area contributed by atoms with Crippen molar-refractivity contribution in [1.29, 1.82) is 0 Å². The minimum atomic E-state index is 0.766. The summed E-state index contributed by atoms with van der Waals surface area (Å²) in [7, 11) is 0. The first-order valence-corrected chi connectivity index (χ1v) is 7.66. The van der Waals surface area contributed by atoms with Gasteiger partial charge in [-0.15, -0.1) is 0 Å². The summed E-state index contributed by atoms with van der Waals surface area (Å²) in [4.78, 5) is 3.60. The van der Waals surface area contributed by atoms with E-state index in [1.54, 1.807) is 0 Å². The second-order valence-corrected chi connectivity index (χ2v) is 5.64. The molecule has 0 aliphatic rings. The van der Waals surface area contributed by atoms with E-state index in [2.05, 4.69) is 60.4 Å². The van der Waals surface area contributed by atoms with Gasteiger partial charge in [-0.3, -0.25) is 0 Å². The molecule has 2 heteroatoms. The van der Waals surface area contributed by atoms with E-state index in [9.17, 15) is 0 Å². The van der Waals surface area contributed by atoms with Gasteiger partial charge in [-0.25, -0.2) is 0 Å². The summed E-state index contributed by atoms with van der Waals surface area (Å²) in [6, 6.07) is 17.3. The molecule has 0 unspecified atom stereocenters. The molecular formula is C19H22N2. The highest BCUT2D eigenvalue weighted by Crippen LogP contribution is 2.31. The van der Waals surface area contributed by atoms with Crippen LogP contribution in [0.25, 0.3) is 22.2 Å². The number of fused-ring (bicyclic) bond motifs is 1.